The molecule has 2 N–H and O–H groups in total. The van der Waals surface area contributed by atoms with E-state index in [4.69, 9.17) is 9.84 Å². The van der Waals surface area contributed by atoms with E-state index in [1.807, 2.05) is 6.92 Å². The summed E-state index contributed by atoms with van der Waals surface area (Å²) in [6.07, 6.45) is 2.21. The first-order valence-electron chi connectivity index (χ1n) is 5.39. The molecule has 2 amide bonds. The van der Waals surface area contributed by atoms with Crippen LogP contribution in [0.25, 0.3) is 0 Å². The molecule has 0 spiro atoms. The second kappa shape index (κ2) is 5.92. The zero-order chi connectivity index (χ0) is 11.3. The number of aliphatic hydroxyl groups is 1. The third kappa shape index (κ3) is 3.68. The second-order valence-corrected chi connectivity index (χ2v) is 3.93. The molecule has 88 valence electrons. The molecule has 0 saturated carbocycles. The molecule has 0 radical (unpaired) electrons. The van der Waals surface area contributed by atoms with Crippen molar-refractivity contribution in [2.24, 2.45) is 0 Å². The Kier molecular flexibility index (Phi) is 4.84. The number of nitrogens with one attached hydrogen (secondary N) is 1. The number of likely N-dealkylation sites (N-methyl/N-ethyl adjacent to an activating group) is 1. The van der Waals surface area contributed by atoms with E-state index in [9.17, 15) is 4.79 Å². The number of hydrogen-bond acceptors (Lipinski definition) is 3. The lowest BCUT2D eigenvalue weighted by Crippen LogP contribution is -2.47. The van der Waals surface area contributed by atoms with Gasteiger partial charge in [-0.1, -0.05) is 0 Å². The minimum absolute atomic E-state index is 0.0156. The number of rotatable bonds is 4. The topological polar surface area (TPSA) is 61.8 Å². The van der Waals surface area contributed by atoms with Gasteiger partial charge in [0.05, 0.1) is 18.8 Å². The number of carbonyl (C=O) groups is 1. The summed E-state index contributed by atoms with van der Waals surface area (Å²) < 4.78 is 5.47. The van der Waals surface area contributed by atoms with Gasteiger partial charge in [-0.15, -0.1) is 0 Å². The molecule has 1 rings (SSSR count). The Morgan fingerprint density at radius 1 is 1.73 bits per heavy atom. The van der Waals surface area contributed by atoms with Crippen molar-refractivity contribution in [2.75, 3.05) is 26.8 Å². The van der Waals surface area contributed by atoms with Crippen molar-refractivity contribution in [1.82, 2.24) is 10.2 Å². The number of ether oxygens (including phenoxy) is 1. The maximum Gasteiger partial charge on any atom is 0.317 e. The van der Waals surface area contributed by atoms with Crippen LogP contribution in [-0.4, -0.2) is 55.0 Å². The summed E-state index contributed by atoms with van der Waals surface area (Å²) in [4.78, 5) is 13.0. The molecule has 15 heavy (non-hydrogen) atoms. The van der Waals surface area contributed by atoms with Crippen LogP contribution in [0.1, 0.15) is 19.8 Å². The number of urea groups is 1. The third-order valence-electron chi connectivity index (χ3n) is 2.66. The number of hydrogen-bond donors (Lipinski definition) is 2. The third-order valence-corrected chi connectivity index (χ3v) is 2.66. The van der Waals surface area contributed by atoms with Crippen molar-refractivity contribution < 1.29 is 14.6 Å². The fraction of sp³-hybridized carbons (Fsp3) is 0.900. The lowest BCUT2D eigenvalue weighted by atomic mass is 10.1. The molecule has 1 aliphatic heterocycles. The first kappa shape index (κ1) is 12.3. The van der Waals surface area contributed by atoms with Crippen molar-refractivity contribution in [3.8, 4) is 0 Å². The summed E-state index contributed by atoms with van der Waals surface area (Å²) in [5, 5.41) is 11.5. The molecule has 0 aromatic carbocycles. The largest absolute Gasteiger partial charge is 0.395 e. The lowest BCUT2D eigenvalue weighted by molar-refractivity contribution is 0.0835. The van der Waals surface area contributed by atoms with Gasteiger partial charge in [-0.2, -0.15) is 0 Å². The van der Waals surface area contributed by atoms with Crippen molar-refractivity contribution in [3.05, 3.63) is 0 Å². The van der Waals surface area contributed by atoms with Crippen LogP contribution >= 0.6 is 0 Å². The summed E-state index contributed by atoms with van der Waals surface area (Å²) in [6, 6.07) is -0.131. The van der Waals surface area contributed by atoms with Crippen LogP contribution in [0.2, 0.25) is 0 Å². The Bertz CT molecular complexity index is 205. The maximum absolute atomic E-state index is 11.5. The summed E-state index contributed by atoms with van der Waals surface area (Å²) in [6.45, 7) is 3.07. The molecule has 0 aromatic heterocycles. The van der Waals surface area contributed by atoms with Gasteiger partial charge in [-0.25, -0.2) is 4.79 Å². The van der Waals surface area contributed by atoms with Crippen molar-refractivity contribution in [2.45, 2.75) is 31.9 Å². The van der Waals surface area contributed by atoms with Crippen molar-refractivity contribution in [3.63, 3.8) is 0 Å². The second-order valence-electron chi connectivity index (χ2n) is 3.93. The smallest absolute Gasteiger partial charge is 0.317 e. The van der Waals surface area contributed by atoms with Crippen LogP contribution in [0.5, 0.6) is 0 Å². The van der Waals surface area contributed by atoms with Crippen LogP contribution in [0.3, 0.4) is 0 Å². The molecular formula is C10H20N2O3. The minimum Gasteiger partial charge on any atom is -0.395 e. The van der Waals surface area contributed by atoms with Gasteiger partial charge in [0.1, 0.15) is 0 Å². The highest BCUT2D eigenvalue weighted by Gasteiger charge is 2.24. The number of amides is 2. The van der Waals surface area contributed by atoms with Gasteiger partial charge in [0.2, 0.25) is 0 Å². The molecule has 0 aliphatic carbocycles. The Hall–Kier alpha value is -0.810. The zero-order valence-corrected chi connectivity index (χ0v) is 9.40. The molecule has 1 fully saturated rings. The molecule has 1 aliphatic rings. The van der Waals surface area contributed by atoms with E-state index in [2.05, 4.69) is 5.32 Å². The van der Waals surface area contributed by atoms with Crippen molar-refractivity contribution >= 4 is 6.03 Å². The molecule has 1 heterocycles. The van der Waals surface area contributed by atoms with Gasteiger partial charge in [0.25, 0.3) is 0 Å². The number of carbonyl (C=O) groups excluding carboxylic acids is 1. The van der Waals surface area contributed by atoms with Crippen molar-refractivity contribution in [1.29, 1.82) is 0 Å². The van der Waals surface area contributed by atoms with E-state index in [1.54, 1.807) is 7.05 Å². The molecule has 0 aromatic rings. The van der Waals surface area contributed by atoms with E-state index in [1.165, 1.54) is 4.90 Å². The van der Waals surface area contributed by atoms with Crippen LogP contribution in [-0.2, 0) is 4.74 Å². The quantitative estimate of drug-likeness (QED) is 0.705. The minimum atomic E-state index is -0.160. The summed E-state index contributed by atoms with van der Waals surface area (Å²) in [5.41, 5.74) is 0. The SMILES string of the molecule is CC(NC(=O)N(C)CCO)C1CCCO1. The van der Waals surface area contributed by atoms with Crippen LogP contribution in [0.4, 0.5) is 4.79 Å². The monoisotopic (exact) mass is 216 g/mol. The fourth-order valence-corrected chi connectivity index (χ4v) is 1.65. The highest BCUT2D eigenvalue weighted by atomic mass is 16.5. The van der Waals surface area contributed by atoms with Crippen LogP contribution < -0.4 is 5.32 Å². The molecule has 2 unspecified atom stereocenters. The number of aliphatic hydroxyl groups excluding tert-OH is 1. The molecule has 5 heteroatoms. The van der Waals surface area contributed by atoms with E-state index in [0.717, 1.165) is 19.4 Å². The van der Waals surface area contributed by atoms with Gasteiger partial charge in [0.15, 0.2) is 0 Å². The predicted molar refractivity (Wildman–Crippen MR) is 56.7 cm³/mol. The van der Waals surface area contributed by atoms with Gasteiger partial charge >= 0.3 is 6.03 Å². The standard InChI is InChI=1S/C10H20N2O3/c1-8(9-4-3-7-15-9)11-10(14)12(2)5-6-13/h8-9,13H,3-7H2,1-2H3,(H,11,14). The van der Waals surface area contributed by atoms with Gasteiger partial charge in [-0.3, -0.25) is 0 Å². The van der Waals surface area contributed by atoms with E-state index in [0.29, 0.717) is 6.54 Å². The Morgan fingerprint density at radius 3 is 3.00 bits per heavy atom. The molecule has 1 saturated heterocycles. The summed E-state index contributed by atoms with van der Waals surface area (Å²) >= 11 is 0. The lowest BCUT2D eigenvalue weighted by Gasteiger charge is -2.23. The average Bonchev–Trinajstić information content (AvgIpc) is 2.70. The average molecular weight is 216 g/mol. The summed E-state index contributed by atoms with van der Waals surface area (Å²) in [7, 11) is 1.66. The molecule has 0 bridgehead atoms. The van der Waals surface area contributed by atoms with E-state index < -0.39 is 0 Å². The van der Waals surface area contributed by atoms with Crippen LogP contribution in [0, 0.1) is 0 Å². The Balaban J connectivity index is 2.29. The van der Waals surface area contributed by atoms with Gasteiger partial charge in [0, 0.05) is 20.2 Å². The first-order valence-corrected chi connectivity index (χ1v) is 5.39. The van der Waals surface area contributed by atoms with Gasteiger partial charge in [-0.05, 0) is 19.8 Å². The maximum atomic E-state index is 11.5. The van der Waals surface area contributed by atoms with Crippen LogP contribution in [0.15, 0.2) is 0 Å². The van der Waals surface area contributed by atoms with Gasteiger partial charge < -0.3 is 20.1 Å². The highest BCUT2D eigenvalue weighted by molar-refractivity contribution is 5.74. The fourth-order valence-electron chi connectivity index (χ4n) is 1.65. The Labute approximate surface area is 90.4 Å². The number of nitrogens with zero attached hydrogens (tertiary/aromatic N) is 1. The van der Waals surface area contributed by atoms with E-state index in [-0.39, 0.29) is 24.8 Å². The molecule has 2 atom stereocenters. The van der Waals surface area contributed by atoms with E-state index >= 15 is 0 Å². The predicted octanol–water partition coefficient (Wildman–Crippen LogP) is 0.188. The normalized spacial score (nSPS) is 22.5. The molecule has 5 nitrogen and oxygen atoms in total. The summed E-state index contributed by atoms with van der Waals surface area (Å²) in [5.74, 6) is 0. The zero-order valence-electron chi connectivity index (χ0n) is 9.40. The first-order chi connectivity index (χ1) is 7.15. The Morgan fingerprint density at radius 2 is 2.47 bits per heavy atom. The highest BCUT2D eigenvalue weighted by Crippen LogP contribution is 2.15. The molecular weight excluding hydrogens is 196 g/mol.